The van der Waals surface area contributed by atoms with Crippen LogP contribution in [0.3, 0.4) is 0 Å². The third-order valence-corrected chi connectivity index (χ3v) is 8.90. The van der Waals surface area contributed by atoms with Gasteiger partial charge >= 0.3 is 0 Å². The lowest BCUT2D eigenvalue weighted by atomic mass is 10.2. The molecule has 4 rings (SSSR count). The lowest BCUT2D eigenvalue weighted by Crippen LogP contribution is -2.43. The van der Waals surface area contributed by atoms with Crippen molar-refractivity contribution in [3.05, 3.63) is 50.0 Å². The second-order valence-corrected chi connectivity index (χ2v) is 11.5. The Kier molecular flexibility index (Phi) is 5.58. The number of carbonyl (C=O) groups excluding carboxylic acids is 1. The van der Waals surface area contributed by atoms with Crippen LogP contribution in [0.15, 0.2) is 34.7 Å². The van der Waals surface area contributed by atoms with E-state index >= 15 is 0 Å². The maximum atomic E-state index is 13.1. The number of nitrogens with zero attached hydrogens (tertiary/aromatic N) is 3. The molecule has 7 nitrogen and oxygen atoms in total. The van der Waals surface area contributed by atoms with E-state index in [4.69, 9.17) is 0 Å². The summed E-state index contributed by atoms with van der Waals surface area (Å²) in [6.45, 7) is 2.21. The van der Waals surface area contributed by atoms with Crippen LogP contribution in [0, 0.1) is 0 Å². The standard InChI is InChI=1S/C19H21N3O4S3/c1-2-14-8-16-18(28-14)20-12-21(19(16)24)10-17(23)22(9-15-4-3-6-27-15)13-5-7-29(25,26)11-13/h3-4,6,8,12-13H,2,5,7,9-11H2,1H3. The van der Waals surface area contributed by atoms with Gasteiger partial charge in [0.05, 0.1) is 29.8 Å². The van der Waals surface area contributed by atoms with E-state index in [2.05, 4.69) is 4.98 Å². The molecule has 4 heterocycles. The molecule has 0 aliphatic carbocycles. The summed E-state index contributed by atoms with van der Waals surface area (Å²) < 4.78 is 25.2. The molecule has 0 saturated carbocycles. The monoisotopic (exact) mass is 451 g/mol. The van der Waals surface area contributed by atoms with Gasteiger partial charge in [0.15, 0.2) is 9.84 Å². The molecule has 1 amide bonds. The molecule has 1 unspecified atom stereocenters. The van der Waals surface area contributed by atoms with Crippen LogP contribution in [0.5, 0.6) is 0 Å². The van der Waals surface area contributed by atoms with E-state index in [0.717, 1.165) is 16.2 Å². The van der Waals surface area contributed by atoms with Gasteiger partial charge in [0, 0.05) is 15.8 Å². The van der Waals surface area contributed by atoms with Gasteiger partial charge in [0.25, 0.3) is 5.56 Å². The van der Waals surface area contributed by atoms with Crippen molar-refractivity contribution in [2.24, 2.45) is 0 Å². The number of amides is 1. The number of rotatable bonds is 6. The second-order valence-electron chi connectivity index (χ2n) is 7.12. The molecule has 1 saturated heterocycles. The fraction of sp³-hybridized carbons (Fsp3) is 0.421. The maximum Gasteiger partial charge on any atom is 0.262 e. The molecule has 3 aromatic heterocycles. The van der Waals surface area contributed by atoms with Crippen molar-refractivity contribution >= 4 is 48.6 Å². The molecule has 0 bridgehead atoms. The summed E-state index contributed by atoms with van der Waals surface area (Å²) in [5.74, 6) is -0.205. The topological polar surface area (TPSA) is 89.3 Å². The highest BCUT2D eigenvalue weighted by Crippen LogP contribution is 2.23. The number of fused-ring (bicyclic) bond motifs is 1. The van der Waals surface area contributed by atoms with Crippen molar-refractivity contribution < 1.29 is 13.2 Å². The minimum atomic E-state index is -3.13. The zero-order valence-corrected chi connectivity index (χ0v) is 18.4. The number of aryl methyl sites for hydroxylation is 1. The average molecular weight is 452 g/mol. The summed E-state index contributed by atoms with van der Waals surface area (Å²) in [5.41, 5.74) is -0.241. The van der Waals surface area contributed by atoms with Crippen molar-refractivity contribution in [1.29, 1.82) is 0 Å². The number of thiophene rings is 2. The van der Waals surface area contributed by atoms with Crippen molar-refractivity contribution in [3.63, 3.8) is 0 Å². The summed E-state index contributed by atoms with van der Waals surface area (Å²) in [6, 6.07) is 5.29. The van der Waals surface area contributed by atoms with Gasteiger partial charge in [-0.25, -0.2) is 13.4 Å². The Morgan fingerprint density at radius 3 is 2.86 bits per heavy atom. The first-order chi connectivity index (χ1) is 13.9. The molecule has 3 aromatic rings. The Bertz CT molecular complexity index is 1200. The summed E-state index contributed by atoms with van der Waals surface area (Å²) in [7, 11) is -3.13. The lowest BCUT2D eigenvalue weighted by molar-refractivity contribution is -0.134. The number of hydrogen-bond acceptors (Lipinski definition) is 7. The normalized spacial score (nSPS) is 18.3. The van der Waals surface area contributed by atoms with E-state index in [1.165, 1.54) is 33.6 Å². The van der Waals surface area contributed by atoms with Crippen LogP contribution in [0.2, 0.25) is 0 Å². The molecule has 0 N–H and O–H groups in total. The van der Waals surface area contributed by atoms with E-state index in [-0.39, 0.29) is 35.6 Å². The smallest absolute Gasteiger partial charge is 0.262 e. The summed E-state index contributed by atoms with van der Waals surface area (Å²) >= 11 is 3.00. The van der Waals surface area contributed by atoms with E-state index < -0.39 is 9.84 Å². The lowest BCUT2D eigenvalue weighted by Gasteiger charge is -2.28. The summed E-state index contributed by atoms with van der Waals surface area (Å²) in [5, 5.41) is 2.45. The van der Waals surface area contributed by atoms with Crippen LogP contribution >= 0.6 is 22.7 Å². The van der Waals surface area contributed by atoms with Crippen LogP contribution < -0.4 is 5.56 Å². The quantitative estimate of drug-likeness (QED) is 0.574. The molecule has 0 radical (unpaired) electrons. The molecule has 154 valence electrons. The summed E-state index contributed by atoms with van der Waals surface area (Å²) in [6.07, 6.45) is 2.66. The van der Waals surface area contributed by atoms with Crippen LogP contribution in [-0.2, 0) is 34.1 Å². The van der Waals surface area contributed by atoms with Gasteiger partial charge < -0.3 is 4.90 Å². The molecule has 1 aliphatic rings. The van der Waals surface area contributed by atoms with Crippen molar-refractivity contribution in [2.45, 2.75) is 38.9 Å². The molecule has 29 heavy (non-hydrogen) atoms. The predicted molar refractivity (Wildman–Crippen MR) is 115 cm³/mol. The number of carbonyl (C=O) groups is 1. The molecule has 0 spiro atoms. The maximum absolute atomic E-state index is 13.1. The van der Waals surface area contributed by atoms with Gasteiger partial charge in [0.2, 0.25) is 5.91 Å². The highest BCUT2D eigenvalue weighted by Gasteiger charge is 2.35. The number of sulfone groups is 1. The van der Waals surface area contributed by atoms with Gasteiger partial charge in [-0.15, -0.1) is 22.7 Å². The first-order valence-corrected chi connectivity index (χ1v) is 12.9. The average Bonchev–Trinajstić information content (AvgIpc) is 3.41. The number of hydrogen-bond donors (Lipinski definition) is 0. The molecule has 1 fully saturated rings. The van der Waals surface area contributed by atoms with Crippen LogP contribution in [0.4, 0.5) is 0 Å². The zero-order valence-electron chi connectivity index (χ0n) is 15.9. The largest absolute Gasteiger partial charge is 0.332 e. The third kappa shape index (κ3) is 4.29. The van der Waals surface area contributed by atoms with Gasteiger partial charge in [-0.2, -0.15) is 0 Å². The fourth-order valence-corrected chi connectivity index (χ4v) is 6.90. The van der Waals surface area contributed by atoms with E-state index in [0.29, 0.717) is 23.2 Å². The molecule has 10 heteroatoms. The summed E-state index contributed by atoms with van der Waals surface area (Å²) in [4.78, 5) is 34.6. The predicted octanol–water partition coefficient (Wildman–Crippen LogP) is 2.30. The van der Waals surface area contributed by atoms with Crippen molar-refractivity contribution in [2.75, 3.05) is 11.5 Å². The van der Waals surface area contributed by atoms with Crippen molar-refractivity contribution in [1.82, 2.24) is 14.5 Å². The molecular formula is C19H21N3O4S3. The zero-order chi connectivity index (χ0) is 20.6. The second kappa shape index (κ2) is 8.00. The van der Waals surface area contributed by atoms with Gasteiger partial charge in [-0.05, 0) is 30.4 Å². The first kappa shape index (κ1) is 20.2. The third-order valence-electron chi connectivity index (χ3n) is 5.10. The molecule has 1 aliphatic heterocycles. The Hall–Kier alpha value is -2.04. The van der Waals surface area contributed by atoms with Gasteiger partial charge in [-0.1, -0.05) is 13.0 Å². The van der Waals surface area contributed by atoms with Gasteiger partial charge in [0.1, 0.15) is 11.4 Å². The molecule has 0 aromatic carbocycles. The SMILES string of the molecule is CCc1cc2c(=O)n(CC(=O)N(Cc3cccs3)C3CCS(=O)(=O)C3)cnc2s1. The van der Waals surface area contributed by atoms with E-state index in [1.54, 1.807) is 4.90 Å². The van der Waals surface area contributed by atoms with Gasteiger partial charge in [-0.3, -0.25) is 14.2 Å². The van der Waals surface area contributed by atoms with E-state index in [1.807, 2.05) is 30.5 Å². The van der Waals surface area contributed by atoms with E-state index in [9.17, 15) is 18.0 Å². The van der Waals surface area contributed by atoms with Crippen LogP contribution in [0.1, 0.15) is 23.1 Å². The Balaban J connectivity index is 1.61. The highest BCUT2D eigenvalue weighted by molar-refractivity contribution is 7.91. The minimum absolute atomic E-state index is 0.0271. The fourth-order valence-electron chi connectivity index (χ4n) is 3.55. The Morgan fingerprint density at radius 2 is 2.21 bits per heavy atom. The Morgan fingerprint density at radius 1 is 1.38 bits per heavy atom. The first-order valence-electron chi connectivity index (χ1n) is 9.36. The van der Waals surface area contributed by atoms with Crippen LogP contribution in [0.25, 0.3) is 10.2 Å². The van der Waals surface area contributed by atoms with Crippen molar-refractivity contribution in [3.8, 4) is 0 Å². The molecular weight excluding hydrogens is 430 g/mol. The van der Waals surface area contributed by atoms with Crippen LogP contribution in [-0.4, -0.2) is 46.3 Å². The Labute approximate surface area is 176 Å². The highest BCUT2D eigenvalue weighted by atomic mass is 32.2. The number of aromatic nitrogens is 2. The minimum Gasteiger partial charge on any atom is -0.332 e. The molecule has 1 atom stereocenters.